The van der Waals surface area contributed by atoms with E-state index in [1.807, 2.05) is 47.5 Å². The summed E-state index contributed by atoms with van der Waals surface area (Å²) in [4.78, 5) is 17.9. The molecular formula is C20H18N2O2. The van der Waals surface area contributed by atoms with Gasteiger partial charge in [-0.2, -0.15) is 0 Å². The van der Waals surface area contributed by atoms with Gasteiger partial charge in [-0.15, -0.1) is 0 Å². The normalized spacial score (nSPS) is 16.2. The zero-order chi connectivity index (χ0) is 16.5. The van der Waals surface area contributed by atoms with Crippen LogP contribution >= 0.6 is 0 Å². The Morgan fingerprint density at radius 1 is 1.12 bits per heavy atom. The monoisotopic (exact) mass is 318 g/mol. The lowest BCUT2D eigenvalue weighted by molar-refractivity contribution is -0.146. The van der Waals surface area contributed by atoms with Crippen molar-refractivity contribution in [2.24, 2.45) is 0 Å². The molecule has 2 heterocycles. The second-order valence-electron chi connectivity index (χ2n) is 5.90. The molecule has 1 unspecified atom stereocenters. The number of aromatic amines is 1. The van der Waals surface area contributed by atoms with Gasteiger partial charge in [0.2, 0.25) is 0 Å². The van der Waals surface area contributed by atoms with E-state index >= 15 is 0 Å². The highest BCUT2D eigenvalue weighted by Gasteiger charge is 2.33. The number of ether oxygens (including phenoxy) is 1. The Morgan fingerprint density at radius 3 is 2.67 bits per heavy atom. The number of nitrogens with one attached hydrogen (secondary N) is 1. The molecule has 3 aromatic rings. The second-order valence-corrected chi connectivity index (χ2v) is 5.90. The number of hydrogen-bond acceptors (Lipinski definition) is 3. The van der Waals surface area contributed by atoms with Gasteiger partial charge in [0.15, 0.2) is 6.04 Å². The zero-order valence-corrected chi connectivity index (χ0v) is 13.4. The molecule has 0 saturated carbocycles. The first-order chi connectivity index (χ1) is 11.8. The molecule has 1 aliphatic heterocycles. The van der Waals surface area contributed by atoms with Crippen LogP contribution in [0.25, 0.3) is 17.0 Å². The standard InChI is InChI=1S/C20H18N2O2/c1-24-20(23)19-18-16(15-9-5-6-10-17(15)21-18)11-12-22(19)13-14-7-3-2-4-8-14/h2-12,19,21H,13H2,1H3. The van der Waals surface area contributed by atoms with E-state index in [9.17, 15) is 4.79 Å². The third-order valence-electron chi connectivity index (χ3n) is 4.45. The Balaban J connectivity index is 1.78. The number of aromatic nitrogens is 1. The maximum Gasteiger partial charge on any atom is 0.334 e. The highest BCUT2D eigenvalue weighted by molar-refractivity contribution is 5.94. The first-order valence-electron chi connectivity index (χ1n) is 7.94. The summed E-state index contributed by atoms with van der Waals surface area (Å²) in [5.74, 6) is -0.261. The molecule has 0 amide bonds. The van der Waals surface area contributed by atoms with Gasteiger partial charge in [0.1, 0.15) is 0 Å². The van der Waals surface area contributed by atoms with Crippen LogP contribution in [0.3, 0.4) is 0 Å². The lowest BCUT2D eigenvalue weighted by atomic mass is 10.0. The molecule has 4 nitrogen and oxygen atoms in total. The second kappa shape index (κ2) is 5.89. The van der Waals surface area contributed by atoms with Gasteiger partial charge in [0.05, 0.1) is 12.8 Å². The van der Waals surface area contributed by atoms with Crippen molar-refractivity contribution in [1.82, 2.24) is 9.88 Å². The summed E-state index contributed by atoms with van der Waals surface area (Å²) in [6.45, 7) is 0.645. The summed E-state index contributed by atoms with van der Waals surface area (Å²) in [5, 5.41) is 1.12. The van der Waals surface area contributed by atoms with Crippen LogP contribution in [-0.2, 0) is 16.1 Å². The first-order valence-corrected chi connectivity index (χ1v) is 7.94. The summed E-state index contributed by atoms with van der Waals surface area (Å²) in [6, 6.07) is 17.7. The van der Waals surface area contributed by atoms with Crippen molar-refractivity contribution in [2.75, 3.05) is 7.11 Å². The molecule has 120 valence electrons. The number of para-hydroxylation sites is 1. The van der Waals surface area contributed by atoms with Gasteiger partial charge >= 0.3 is 5.97 Å². The number of esters is 1. The number of carbonyl (C=O) groups is 1. The van der Waals surface area contributed by atoms with Crippen LogP contribution < -0.4 is 0 Å². The number of benzene rings is 2. The molecular weight excluding hydrogens is 300 g/mol. The van der Waals surface area contributed by atoms with Gasteiger partial charge in [-0.1, -0.05) is 48.5 Å². The molecule has 1 N–H and O–H groups in total. The van der Waals surface area contributed by atoms with Crippen LogP contribution in [0.1, 0.15) is 22.9 Å². The molecule has 1 aliphatic rings. The summed E-state index contributed by atoms with van der Waals surface area (Å²) < 4.78 is 5.08. The summed E-state index contributed by atoms with van der Waals surface area (Å²) in [5.41, 5.74) is 4.13. The minimum absolute atomic E-state index is 0.261. The average Bonchev–Trinajstić information content (AvgIpc) is 3.00. The van der Waals surface area contributed by atoms with E-state index in [-0.39, 0.29) is 5.97 Å². The molecule has 4 heteroatoms. The minimum Gasteiger partial charge on any atom is -0.467 e. The lowest BCUT2D eigenvalue weighted by Gasteiger charge is -2.31. The predicted octanol–water partition coefficient (Wildman–Crippen LogP) is 3.87. The number of methoxy groups -OCH3 is 1. The molecule has 2 aromatic carbocycles. The fraction of sp³-hybridized carbons (Fsp3) is 0.150. The Labute approximate surface area is 140 Å². The van der Waals surface area contributed by atoms with Gasteiger partial charge in [-0.3, -0.25) is 0 Å². The van der Waals surface area contributed by atoms with E-state index in [0.717, 1.165) is 27.7 Å². The van der Waals surface area contributed by atoms with Crippen LogP contribution in [-0.4, -0.2) is 23.0 Å². The minimum atomic E-state index is -0.470. The van der Waals surface area contributed by atoms with Crippen molar-refractivity contribution in [1.29, 1.82) is 0 Å². The molecule has 0 fully saturated rings. The SMILES string of the molecule is COC(=O)C1c2[nH]c3ccccc3c2C=CN1Cc1ccccc1. The molecule has 1 atom stereocenters. The molecule has 4 rings (SSSR count). The van der Waals surface area contributed by atoms with Crippen LogP contribution in [0, 0.1) is 0 Å². The van der Waals surface area contributed by atoms with Crippen molar-refractivity contribution >= 4 is 22.9 Å². The lowest BCUT2D eigenvalue weighted by Crippen LogP contribution is -2.33. The number of carbonyl (C=O) groups excluding carboxylic acids is 1. The smallest absolute Gasteiger partial charge is 0.334 e. The summed E-state index contributed by atoms with van der Waals surface area (Å²) >= 11 is 0. The zero-order valence-electron chi connectivity index (χ0n) is 13.4. The highest BCUT2D eigenvalue weighted by atomic mass is 16.5. The van der Waals surface area contributed by atoms with Crippen molar-refractivity contribution in [3.05, 3.63) is 77.6 Å². The van der Waals surface area contributed by atoms with E-state index in [0.29, 0.717) is 6.54 Å². The molecule has 0 bridgehead atoms. The fourth-order valence-corrected chi connectivity index (χ4v) is 3.30. The Hall–Kier alpha value is -3.01. The van der Waals surface area contributed by atoms with Gasteiger partial charge in [-0.25, -0.2) is 4.79 Å². The predicted molar refractivity (Wildman–Crippen MR) is 94.1 cm³/mol. The first kappa shape index (κ1) is 14.6. The third kappa shape index (κ3) is 2.36. The fourth-order valence-electron chi connectivity index (χ4n) is 3.30. The van der Waals surface area contributed by atoms with Crippen molar-refractivity contribution in [2.45, 2.75) is 12.6 Å². The van der Waals surface area contributed by atoms with Gasteiger partial charge in [-0.05, 0) is 17.7 Å². The van der Waals surface area contributed by atoms with Crippen molar-refractivity contribution in [3.63, 3.8) is 0 Å². The summed E-state index contributed by atoms with van der Waals surface area (Å²) in [7, 11) is 1.43. The van der Waals surface area contributed by atoms with Crippen molar-refractivity contribution in [3.8, 4) is 0 Å². The van der Waals surface area contributed by atoms with Crippen LogP contribution in [0.4, 0.5) is 0 Å². The average molecular weight is 318 g/mol. The van der Waals surface area contributed by atoms with E-state index in [2.05, 4.69) is 29.3 Å². The molecule has 0 aliphatic carbocycles. The topological polar surface area (TPSA) is 45.3 Å². The van der Waals surface area contributed by atoms with E-state index in [1.54, 1.807) is 0 Å². The van der Waals surface area contributed by atoms with Crippen LogP contribution in [0.2, 0.25) is 0 Å². The highest BCUT2D eigenvalue weighted by Crippen LogP contribution is 2.36. The number of hydrogen-bond donors (Lipinski definition) is 1. The Kier molecular flexibility index (Phi) is 3.58. The summed E-state index contributed by atoms with van der Waals surface area (Å²) in [6.07, 6.45) is 4.05. The van der Waals surface area contributed by atoms with E-state index < -0.39 is 6.04 Å². The number of rotatable bonds is 3. The van der Waals surface area contributed by atoms with Crippen LogP contribution in [0.5, 0.6) is 0 Å². The molecule has 0 spiro atoms. The largest absolute Gasteiger partial charge is 0.467 e. The molecule has 0 radical (unpaired) electrons. The van der Waals surface area contributed by atoms with E-state index in [4.69, 9.17) is 4.74 Å². The number of nitrogens with zero attached hydrogens (tertiary/aromatic N) is 1. The number of H-pyrrole nitrogens is 1. The van der Waals surface area contributed by atoms with Gasteiger partial charge in [0.25, 0.3) is 0 Å². The quantitative estimate of drug-likeness (QED) is 0.746. The van der Waals surface area contributed by atoms with Gasteiger partial charge < -0.3 is 14.6 Å². The van der Waals surface area contributed by atoms with Gasteiger partial charge in [0, 0.05) is 29.2 Å². The Bertz CT molecular complexity index is 912. The molecule has 1 aromatic heterocycles. The maximum atomic E-state index is 12.5. The molecule has 24 heavy (non-hydrogen) atoms. The van der Waals surface area contributed by atoms with Crippen LogP contribution in [0.15, 0.2) is 60.8 Å². The maximum absolute atomic E-state index is 12.5. The number of fused-ring (bicyclic) bond motifs is 3. The van der Waals surface area contributed by atoms with Crippen molar-refractivity contribution < 1.29 is 9.53 Å². The third-order valence-corrected chi connectivity index (χ3v) is 4.45. The van der Waals surface area contributed by atoms with E-state index in [1.165, 1.54) is 7.11 Å². The Morgan fingerprint density at radius 2 is 1.88 bits per heavy atom. The molecule has 0 saturated heterocycles.